The summed E-state index contributed by atoms with van der Waals surface area (Å²) in [5.41, 5.74) is 1.42. The van der Waals surface area contributed by atoms with Gasteiger partial charge in [-0.3, -0.25) is 9.69 Å². The number of piperidine rings is 1. The third kappa shape index (κ3) is 5.28. The number of nitrogens with zero attached hydrogens (tertiary/aromatic N) is 2. The molecule has 1 saturated heterocycles. The molecular formula is C27H33BrN2O2S. The van der Waals surface area contributed by atoms with Crippen LogP contribution in [0.2, 0.25) is 0 Å². The van der Waals surface area contributed by atoms with Gasteiger partial charge in [0.2, 0.25) is 5.91 Å². The predicted molar refractivity (Wildman–Crippen MR) is 141 cm³/mol. The number of hydrogen-bond acceptors (Lipinski definition) is 4. The maximum Gasteiger partial charge on any atom is 0.246 e. The molecule has 0 radical (unpaired) electrons. The average molecular weight is 530 g/mol. The molecule has 176 valence electrons. The van der Waals surface area contributed by atoms with Crippen molar-refractivity contribution in [2.45, 2.75) is 37.1 Å². The minimum Gasteiger partial charge on any atom is -0.497 e. The molecule has 2 aromatic rings. The standard InChI is InChI=1S/C27H33BrN2O2S/c1-4-13-30-14-12-27(20-6-5-7-24(15-20)32-3)17-23(9-8-21(27)18-30)29(2)26(31)11-10-25-16-22(28)19-33-25/h4-7,10-11,15-16,19,21,23H,1,8-9,12-14,17-18H2,2-3H3/b11-10+/t21-,23-,27+/m1/s1. The van der Waals surface area contributed by atoms with Crippen LogP contribution in [0.5, 0.6) is 5.75 Å². The zero-order valence-electron chi connectivity index (χ0n) is 19.5. The molecule has 0 unspecified atom stereocenters. The van der Waals surface area contributed by atoms with Crippen molar-refractivity contribution in [2.24, 2.45) is 5.92 Å². The van der Waals surface area contributed by atoms with Gasteiger partial charge in [0.05, 0.1) is 7.11 Å². The minimum absolute atomic E-state index is 0.0615. The van der Waals surface area contributed by atoms with Gasteiger partial charge >= 0.3 is 0 Å². The third-order valence-electron chi connectivity index (χ3n) is 7.49. The summed E-state index contributed by atoms with van der Waals surface area (Å²) in [7, 11) is 3.70. The van der Waals surface area contributed by atoms with Crippen molar-refractivity contribution in [3.05, 3.63) is 69.4 Å². The van der Waals surface area contributed by atoms with Crippen molar-refractivity contribution in [3.8, 4) is 5.75 Å². The first-order valence-corrected chi connectivity index (χ1v) is 13.3. The van der Waals surface area contributed by atoms with Crippen LogP contribution in [0.3, 0.4) is 0 Å². The Morgan fingerprint density at radius 2 is 2.24 bits per heavy atom. The van der Waals surface area contributed by atoms with Crippen molar-refractivity contribution in [3.63, 3.8) is 0 Å². The Hall–Kier alpha value is -1.89. The molecule has 33 heavy (non-hydrogen) atoms. The Balaban J connectivity index is 1.57. The molecule has 0 N–H and O–H groups in total. The summed E-state index contributed by atoms with van der Waals surface area (Å²) >= 11 is 5.11. The predicted octanol–water partition coefficient (Wildman–Crippen LogP) is 5.99. The summed E-state index contributed by atoms with van der Waals surface area (Å²) < 4.78 is 6.62. The summed E-state index contributed by atoms with van der Waals surface area (Å²) in [4.78, 5) is 18.6. The van der Waals surface area contributed by atoms with Gasteiger partial charge in [0.15, 0.2) is 0 Å². The quantitative estimate of drug-likeness (QED) is 0.326. The van der Waals surface area contributed by atoms with Crippen LogP contribution in [-0.2, 0) is 10.2 Å². The molecule has 1 aliphatic heterocycles. The van der Waals surface area contributed by atoms with E-state index < -0.39 is 0 Å². The van der Waals surface area contributed by atoms with Gasteiger partial charge < -0.3 is 9.64 Å². The second-order valence-corrected chi connectivity index (χ2v) is 11.1. The molecule has 1 saturated carbocycles. The molecular weight excluding hydrogens is 496 g/mol. The molecule has 0 spiro atoms. The van der Waals surface area contributed by atoms with Gasteiger partial charge in [-0.15, -0.1) is 17.9 Å². The molecule has 4 rings (SSSR count). The number of carbonyl (C=O) groups excluding carboxylic acids is 1. The lowest BCUT2D eigenvalue weighted by Crippen LogP contribution is -2.56. The highest BCUT2D eigenvalue weighted by Gasteiger charge is 2.49. The van der Waals surface area contributed by atoms with Crippen LogP contribution in [0.25, 0.3) is 6.08 Å². The summed E-state index contributed by atoms with van der Waals surface area (Å²) in [6, 6.07) is 10.9. The number of fused-ring (bicyclic) bond motifs is 1. The third-order valence-corrected chi connectivity index (χ3v) is 9.15. The Labute approximate surface area is 210 Å². The fraction of sp³-hybridized carbons (Fsp3) is 0.444. The second-order valence-electron chi connectivity index (χ2n) is 9.27. The molecule has 2 aliphatic rings. The maximum absolute atomic E-state index is 13.1. The Morgan fingerprint density at radius 3 is 2.97 bits per heavy atom. The minimum atomic E-state index is 0.0615. The highest BCUT2D eigenvalue weighted by Crippen LogP contribution is 2.50. The summed E-state index contributed by atoms with van der Waals surface area (Å²) in [5.74, 6) is 1.55. The fourth-order valence-corrected chi connectivity index (χ4v) is 7.00. The van der Waals surface area contributed by atoms with E-state index in [1.807, 2.05) is 41.6 Å². The van der Waals surface area contributed by atoms with Crippen LogP contribution in [0.4, 0.5) is 0 Å². The van der Waals surface area contributed by atoms with Gasteiger partial charge in [0, 0.05) is 52.4 Å². The molecule has 2 heterocycles. The Bertz CT molecular complexity index is 1020. The van der Waals surface area contributed by atoms with Crippen LogP contribution < -0.4 is 4.74 Å². The van der Waals surface area contributed by atoms with Gasteiger partial charge in [-0.2, -0.15) is 0 Å². The number of likely N-dealkylation sites (N-methyl/N-ethyl adjacent to an activating group) is 1. The van der Waals surface area contributed by atoms with Crippen LogP contribution in [0.15, 0.2) is 58.9 Å². The van der Waals surface area contributed by atoms with E-state index >= 15 is 0 Å². The topological polar surface area (TPSA) is 32.8 Å². The van der Waals surface area contributed by atoms with E-state index in [1.165, 1.54) is 5.56 Å². The first-order chi connectivity index (χ1) is 15.9. The first kappa shape index (κ1) is 24.2. The van der Waals surface area contributed by atoms with Crippen molar-refractivity contribution in [1.82, 2.24) is 9.80 Å². The number of halogens is 1. The van der Waals surface area contributed by atoms with Crippen LogP contribution >= 0.6 is 27.3 Å². The number of carbonyl (C=O) groups is 1. The van der Waals surface area contributed by atoms with E-state index in [2.05, 4.69) is 45.6 Å². The molecule has 1 aromatic heterocycles. The highest BCUT2D eigenvalue weighted by atomic mass is 79.9. The number of hydrogen-bond donors (Lipinski definition) is 0. The number of methoxy groups -OCH3 is 1. The summed E-state index contributed by atoms with van der Waals surface area (Å²) in [5, 5.41) is 2.03. The van der Waals surface area contributed by atoms with E-state index in [9.17, 15) is 4.79 Å². The molecule has 1 aliphatic carbocycles. The monoisotopic (exact) mass is 528 g/mol. The SMILES string of the molecule is C=CCN1CC[C@@]2(c3cccc(OC)c3)C[C@H](N(C)C(=O)/C=C/c3cc(Br)cs3)CC[C@@H]2C1. The molecule has 6 heteroatoms. The smallest absolute Gasteiger partial charge is 0.246 e. The molecule has 2 fully saturated rings. The zero-order valence-corrected chi connectivity index (χ0v) is 21.9. The van der Waals surface area contributed by atoms with Gasteiger partial charge in [-0.05, 0) is 83.9 Å². The van der Waals surface area contributed by atoms with Gasteiger partial charge in [0.1, 0.15) is 5.75 Å². The molecule has 1 amide bonds. The van der Waals surface area contributed by atoms with Crippen LogP contribution in [-0.4, -0.2) is 55.5 Å². The van der Waals surface area contributed by atoms with Crippen molar-refractivity contribution in [2.75, 3.05) is 33.8 Å². The zero-order chi connectivity index (χ0) is 23.4. The van der Waals surface area contributed by atoms with Crippen molar-refractivity contribution >= 4 is 39.2 Å². The number of likely N-dealkylation sites (tertiary alicyclic amines) is 1. The summed E-state index contributed by atoms with van der Waals surface area (Å²) in [6.07, 6.45) is 9.90. The fourth-order valence-electron chi connectivity index (χ4n) is 5.67. The molecule has 3 atom stereocenters. The van der Waals surface area contributed by atoms with E-state index in [1.54, 1.807) is 24.5 Å². The lowest BCUT2D eigenvalue weighted by molar-refractivity contribution is -0.128. The van der Waals surface area contributed by atoms with E-state index in [0.717, 1.165) is 60.4 Å². The van der Waals surface area contributed by atoms with Crippen LogP contribution in [0.1, 0.15) is 36.1 Å². The molecule has 1 aromatic carbocycles. The number of amides is 1. The normalized spacial score (nSPS) is 25.5. The Kier molecular flexibility index (Phi) is 7.77. The number of thiophene rings is 1. The van der Waals surface area contributed by atoms with Crippen molar-refractivity contribution < 1.29 is 9.53 Å². The largest absolute Gasteiger partial charge is 0.497 e. The van der Waals surface area contributed by atoms with E-state index in [4.69, 9.17) is 4.74 Å². The second kappa shape index (κ2) is 10.6. The van der Waals surface area contributed by atoms with E-state index in [0.29, 0.717) is 5.92 Å². The number of rotatable bonds is 7. The highest BCUT2D eigenvalue weighted by molar-refractivity contribution is 9.10. The van der Waals surface area contributed by atoms with Gasteiger partial charge in [-0.25, -0.2) is 0 Å². The van der Waals surface area contributed by atoms with Gasteiger partial charge in [-0.1, -0.05) is 18.2 Å². The lowest BCUT2D eigenvalue weighted by Gasteiger charge is -2.54. The van der Waals surface area contributed by atoms with Crippen LogP contribution in [0, 0.1) is 5.92 Å². The Morgan fingerprint density at radius 1 is 1.39 bits per heavy atom. The summed E-state index contributed by atoms with van der Waals surface area (Å²) in [6.45, 7) is 7.02. The maximum atomic E-state index is 13.1. The van der Waals surface area contributed by atoms with Crippen molar-refractivity contribution in [1.29, 1.82) is 0 Å². The number of ether oxygens (including phenoxy) is 1. The van der Waals surface area contributed by atoms with Gasteiger partial charge in [0.25, 0.3) is 0 Å². The van der Waals surface area contributed by atoms with E-state index in [-0.39, 0.29) is 17.4 Å². The molecule has 0 bridgehead atoms. The lowest BCUT2D eigenvalue weighted by atomic mass is 9.57. The number of benzene rings is 1. The average Bonchev–Trinajstić information content (AvgIpc) is 3.27. The molecule has 4 nitrogen and oxygen atoms in total. The first-order valence-electron chi connectivity index (χ1n) is 11.6.